The standard InChI is InChI=1S/C15H19NO4S/c17-14(11-16-5-1-8-21(18,19)9-6-16)12-2-3-15-13(10-12)4-7-20-15/h2-3,10H,1,4-9,11H2. The quantitative estimate of drug-likeness (QED) is 0.777. The first-order valence-corrected chi connectivity index (χ1v) is 9.07. The summed E-state index contributed by atoms with van der Waals surface area (Å²) in [6.45, 7) is 2.08. The van der Waals surface area contributed by atoms with Gasteiger partial charge in [0.05, 0.1) is 24.7 Å². The Hall–Kier alpha value is -1.40. The molecule has 0 aromatic heterocycles. The molecule has 5 nitrogen and oxygen atoms in total. The van der Waals surface area contributed by atoms with Gasteiger partial charge in [0.25, 0.3) is 0 Å². The molecule has 6 heteroatoms. The van der Waals surface area contributed by atoms with Gasteiger partial charge >= 0.3 is 0 Å². The average Bonchev–Trinajstić information content (AvgIpc) is 2.84. The summed E-state index contributed by atoms with van der Waals surface area (Å²) in [6.07, 6.45) is 1.45. The first-order chi connectivity index (χ1) is 10.0. The van der Waals surface area contributed by atoms with Crippen molar-refractivity contribution in [1.82, 2.24) is 4.90 Å². The maximum absolute atomic E-state index is 12.4. The van der Waals surface area contributed by atoms with Gasteiger partial charge in [0.15, 0.2) is 15.6 Å². The van der Waals surface area contributed by atoms with E-state index in [-0.39, 0.29) is 23.8 Å². The van der Waals surface area contributed by atoms with Crippen molar-refractivity contribution in [1.29, 1.82) is 0 Å². The van der Waals surface area contributed by atoms with Gasteiger partial charge in [-0.15, -0.1) is 0 Å². The highest BCUT2D eigenvalue weighted by Gasteiger charge is 2.22. The van der Waals surface area contributed by atoms with Gasteiger partial charge in [-0.1, -0.05) is 0 Å². The van der Waals surface area contributed by atoms with Crippen LogP contribution in [0.2, 0.25) is 0 Å². The molecule has 0 aliphatic carbocycles. The summed E-state index contributed by atoms with van der Waals surface area (Å²) in [4.78, 5) is 14.3. The van der Waals surface area contributed by atoms with E-state index in [0.29, 0.717) is 31.7 Å². The maximum atomic E-state index is 12.4. The number of hydrogen-bond donors (Lipinski definition) is 0. The molecule has 2 heterocycles. The van der Waals surface area contributed by atoms with E-state index in [1.54, 1.807) is 6.07 Å². The first-order valence-electron chi connectivity index (χ1n) is 7.25. The number of nitrogens with zero attached hydrogens (tertiary/aromatic N) is 1. The van der Waals surface area contributed by atoms with Crippen molar-refractivity contribution in [3.8, 4) is 5.75 Å². The predicted molar refractivity (Wildman–Crippen MR) is 79.7 cm³/mol. The minimum absolute atomic E-state index is 0.0454. The normalized spacial score (nSPS) is 21.3. The Bertz CT molecular complexity index is 654. The molecule has 114 valence electrons. The van der Waals surface area contributed by atoms with Crippen LogP contribution in [0.15, 0.2) is 18.2 Å². The zero-order chi connectivity index (χ0) is 14.9. The molecule has 1 saturated heterocycles. The molecule has 0 radical (unpaired) electrons. The molecule has 3 rings (SSSR count). The molecule has 21 heavy (non-hydrogen) atoms. The first kappa shape index (κ1) is 14.5. The molecule has 0 atom stereocenters. The zero-order valence-corrected chi connectivity index (χ0v) is 12.7. The van der Waals surface area contributed by atoms with Gasteiger partial charge in [0.1, 0.15) is 5.75 Å². The molecule has 0 unspecified atom stereocenters. The van der Waals surface area contributed by atoms with Crippen molar-refractivity contribution >= 4 is 15.6 Å². The van der Waals surface area contributed by atoms with Crippen LogP contribution in [0, 0.1) is 0 Å². The topological polar surface area (TPSA) is 63.7 Å². The second-order valence-corrected chi connectivity index (χ2v) is 7.93. The number of ether oxygens (including phenoxy) is 1. The van der Waals surface area contributed by atoms with Crippen molar-refractivity contribution in [2.75, 3.05) is 37.7 Å². The Morgan fingerprint density at radius 1 is 1.24 bits per heavy atom. The Morgan fingerprint density at radius 2 is 2.10 bits per heavy atom. The lowest BCUT2D eigenvalue weighted by Gasteiger charge is -2.18. The minimum atomic E-state index is -2.93. The SMILES string of the molecule is O=C(CN1CCCS(=O)(=O)CC1)c1ccc2c(c1)CCO2. The van der Waals surface area contributed by atoms with Crippen molar-refractivity contribution in [2.24, 2.45) is 0 Å². The lowest BCUT2D eigenvalue weighted by molar-refractivity contribution is 0.0935. The number of carbonyl (C=O) groups is 1. The van der Waals surface area contributed by atoms with Crippen LogP contribution < -0.4 is 4.74 Å². The zero-order valence-electron chi connectivity index (χ0n) is 11.9. The van der Waals surface area contributed by atoms with E-state index in [0.717, 1.165) is 17.7 Å². The summed E-state index contributed by atoms with van der Waals surface area (Å²) in [5.74, 6) is 1.29. The fourth-order valence-corrected chi connectivity index (χ4v) is 4.11. The van der Waals surface area contributed by atoms with Crippen LogP contribution in [0.5, 0.6) is 5.75 Å². The van der Waals surface area contributed by atoms with Crippen LogP contribution in [-0.2, 0) is 16.3 Å². The van der Waals surface area contributed by atoms with Crippen molar-refractivity contribution in [3.05, 3.63) is 29.3 Å². The van der Waals surface area contributed by atoms with E-state index in [1.807, 2.05) is 17.0 Å². The molecular formula is C15H19NO4S. The van der Waals surface area contributed by atoms with Gasteiger partial charge in [-0.05, 0) is 36.7 Å². The highest BCUT2D eigenvalue weighted by molar-refractivity contribution is 7.91. The summed E-state index contributed by atoms with van der Waals surface area (Å²) < 4.78 is 28.6. The third kappa shape index (κ3) is 3.44. The molecule has 0 N–H and O–H groups in total. The molecule has 0 bridgehead atoms. The van der Waals surface area contributed by atoms with Crippen LogP contribution in [0.3, 0.4) is 0 Å². The number of ketones is 1. The molecule has 0 amide bonds. The second-order valence-electron chi connectivity index (χ2n) is 5.63. The molecule has 1 fully saturated rings. The number of carbonyl (C=O) groups excluding carboxylic acids is 1. The Morgan fingerprint density at radius 3 is 2.95 bits per heavy atom. The molecule has 1 aromatic rings. The second kappa shape index (κ2) is 5.77. The summed E-state index contributed by atoms with van der Waals surface area (Å²) in [7, 11) is -2.93. The van der Waals surface area contributed by atoms with Crippen molar-refractivity contribution < 1.29 is 17.9 Å². The van der Waals surface area contributed by atoms with Gasteiger partial charge in [0.2, 0.25) is 0 Å². The number of Topliss-reactive ketones (excluding diaryl/α,β-unsaturated/α-hetero) is 1. The maximum Gasteiger partial charge on any atom is 0.176 e. The van der Waals surface area contributed by atoms with Crippen LogP contribution in [0.4, 0.5) is 0 Å². The van der Waals surface area contributed by atoms with E-state index in [2.05, 4.69) is 0 Å². The fourth-order valence-electron chi connectivity index (χ4n) is 2.80. The highest BCUT2D eigenvalue weighted by Crippen LogP contribution is 2.26. The summed E-state index contributed by atoms with van der Waals surface area (Å²) in [5, 5.41) is 0. The summed E-state index contributed by atoms with van der Waals surface area (Å²) in [5.41, 5.74) is 1.77. The number of sulfone groups is 1. The van der Waals surface area contributed by atoms with E-state index >= 15 is 0 Å². The number of benzene rings is 1. The number of fused-ring (bicyclic) bond motifs is 1. The molecule has 2 aliphatic rings. The van der Waals surface area contributed by atoms with Crippen LogP contribution in [0.1, 0.15) is 22.3 Å². The molecular weight excluding hydrogens is 290 g/mol. The smallest absolute Gasteiger partial charge is 0.176 e. The van der Waals surface area contributed by atoms with Crippen molar-refractivity contribution in [3.63, 3.8) is 0 Å². The highest BCUT2D eigenvalue weighted by atomic mass is 32.2. The minimum Gasteiger partial charge on any atom is -0.493 e. The van der Waals surface area contributed by atoms with Gasteiger partial charge in [-0.3, -0.25) is 9.69 Å². The van der Waals surface area contributed by atoms with E-state index < -0.39 is 9.84 Å². The lowest BCUT2D eigenvalue weighted by atomic mass is 10.1. The lowest BCUT2D eigenvalue weighted by Crippen LogP contribution is -2.32. The van der Waals surface area contributed by atoms with E-state index in [9.17, 15) is 13.2 Å². The van der Waals surface area contributed by atoms with E-state index in [4.69, 9.17) is 4.74 Å². The number of hydrogen-bond acceptors (Lipinski definition) is 5. The third-order valence-corrected chi connectivity index (χ3v) is 5.74. The third-order valence-electron chi connectivity index (χ3n) is 4.03. The van der Waals surface area contributed by atoms with Gasteiger partial charge < -0.3 is 4.74 Å². The average molecular weight is 309 g/mol. The van der Waals surface area contributed by atoms with Gasteiger partial charge in [-0.2, -0.15) is 0 Å². The largest absolute Gasteiger partial charge is 0.493 e. The molecule has 1 aromatic carbocycles. The van der Waals surface area contributed by atoms with Gasteiger partial charge in [0, 0.05) is 18.5 Å². The monoisotopic (exact) mass is 309 g/mol. The fraction of sp³-hybridized carbons (Fsp3) is 0.533. The molecule has 2 aliphatic heterocycles. The van der Waals surface area contributed by atoms with E-state index in [1.165, 1.54) is 0 Å². The van der Waals surface area contributed by atoms with Crippen molar-refractivity contribution in [2.45, 2.75) is 12.8 Å². The Kier molecular flexibility index (Phi) is 3.99. The van der Waals surface area contributed by atoms with Gasteiger partial charge in [-0.25, -0.2) is 8.42 Å². The summed E-state index contributed by atoms with van der Waals surface area (Å²) >= 11 is 0. The molecule has 0 spiro atoms. The van der Waals surface area contributed by atoms with Crippen LogP contribution in [0.25, 0.3) is 0 Å². The van der Waals surface area contributed by atoms with Crippen LogP contribution >= 0.6 is 0 Å². The molecule has 0 saturated carbocycles. The van der Waals surface area contributed by atoms with Crippen LogP contribution in [-0.4, -0.2) is 56.8 Å². The predicted octanol–water partition coefficient (Wildman–Crippen LogP) is 0.925. The Labute approximate surface area is 124 Å². The summed E-state index contributed by atoms with van der Waals surface area (Å²) in [6, 6.07) is 5.54. The number of rotatable bonds is 3. The Balaban J connectivity index is 1.66.